The zero-order valence-corrected chi connectivity index (χ0v) is 19.9. The van der Waals surface area contributed by atoms with Crippen molar-refractivity contribution < 1.29 is 38.1 Å². The summed E-state index contributed by atoms with van der Waals surface area (Å²) < 4.78 is 26.7. The molecular weight excluding hydrogens is 466 g/mol. The van der Waals surface area contributed by atoms with E-state index in [1.165, 1.54) is 32.4 Å². The van der Waals surface area contributed by atoms with Crippen molar-refractivity contribution >= 4 is 23.3 Å². The summed E-state index contributed by atoms with van der Waals surface area (Å²) in [6, 6.07) is 16.5. The van der Waals surface area contributed by atoms with Crippen LogP contribution in [-0.2, 0) is 16.0 Å². The molecule has 3 aromatic carbocycles. The van der Waals surface area contributed by atoms with Crippen LogP contribution in [0.15, 0.2) is 60.7 Å². The molecule has 186 valence electrons. The van der Waals surface area contributed by atoms with Crippen LogP contribution in [0.1, 0.15) is 26.3 Å². The number of Topliss-reactive ketones (excluding diaryl/α,β-unsaturated/α-hetero) is 1. The number of carbonyl (C=O) groups is 3. The third-order valence-electron chi connectivity index (χ3n) is 5.48. The fourth-order valence-electron chi connectivity index (χ4n) is 3.65. The first-order valence-corrected chi connectivity index (χ1v) is 11.2. The van der Waals surface area contributed by atoms with Crippen LogP contribution in [-0.4, -0.2) is 51.7 Å². The van der Waals surface area contributed by atoms with Gasteiger partial charge in [0.05, 0.1) is 32.1 Å². The lowest BCUT2D eigenvalue weighted by atomic mass is 10.1. The minimum absolute atomic E-state index is 0.174. The molecule has 0 saturated carbocycles. The molecule has 0 unspecified atom stereocenters. The molecule has 0 atom stereocenters. The van der Waals surface area contributed by atoms with Gasteiger partial charge in [-0.2, -0.15) is 0 Å². The number of hydrogen-bond acceptors (Lipinski definition) is 8. The molecule has 0 aromatic heterocycles. The highest BCUT2D eigenvalue weighted by atomic mass is 16.5. The predicted molar refractivity (Wildman–Crippen MR) is 130 cm³/mol. The summed E-state index contributed by atoms with van der Waals surface area (Å²) in [5.41, 5.74) is 2.11. The average molecular weight is 491 g/mol. The molecule has 1 amide bonds. The van der Waals surface area contributed by atoms with Gasteiger partial charge in [-0.05, 0) is 54.1 Å². The number of ether oxygens (including phenoxy) is 5. The molecule has 9 nitrogen and oxygen atoms in total. The zero-order valence-electron chi connectivity index (χ0n) is 19.9. The molecule has 9 heteroatoms. The molecular formula is C27H25NO8. The Morgan fingerprint density at radius 2 is 1.64 bits per heavy atom. The Morgan fingerprint density at radius 1 is 0.861 bits per heavy atom. The lowest BCUT2D eigenvalue weighted by molar-refractivity contribution is -0.118. The zero-order chi connectivity index (χ0) is 25.5. The van der Waals surface area contributed by atoms with E-state index in [1.54, 1.807) is 42.5 Å². The number of amides is 1. The minimum atomic E-state index is -0.688. The summed E-state index contributed by atoms with van der Waals surface area (Å²) in [5.74, 6) is 0.393. The SMILES string of the molecule is COc1ccccc1NC(=O)COc1ccc(C(=O)OCC(=O)c2ccc3c(c2)CCO3)cc1OC. The molecule has 0 spiro atoms. The summed E-state index contributed by atoms with van der Waals surface area (Å²) in [6.45, 7) is -0.101. The van der Waals surface area contributed by atoms with Crippen molar-refractivity contribution in [3.05, 3.63) is 77.4 Å². The number of carbonyl (C=O) groups excluding carboxylic acids is 3. The molecule has 0 saturated heterocycles. The van der Waals surface area contributed by atoms with Crippen LogP contribution >= 0.6 is 0 Å². The molecule has 0 radical (unpaired) electrons. The maximum Gasteiger partial charge on any atom is 0.338 e. The van der Waals surface area contributed by atoms with Crippen molar-refractivity contribution in [2.24, 2.45) is 0 Å². The number of methoxy groups -OCH3 is 2. The Morgan fingerprint density at radius 3 is 2.44 bits per heavy atom. The maximum absolute atomic E-state index is 12.5. The van der Waals surface area contributed by atoms with Crippen molar-refractivity contribution in [3.63, 3.8) is 0 Å². The van der Waals surface area contributed by atoms with Crippen LogP contribution in [0, 0.1) is 0 Å². The second kappa shape index (κ2) is 11.3. The van der Waals surface area contributed by atoms with Crippen molar-refractivity contribution in [1.82, 2.24) is 0 Å². The van der Waals surface area contributed by atoms with Crippen molar-refractivity contribution in [2.75, 3.05) is 39.4 Å². The number of para-hydroxylation sites is 2. The molecule has 0 bridgehead atoms. The molecule has 0 fully saturated rings. The second-order valence-electron chi connectivity index (χ2n) is 7.82. The predicted octanol–water partition coefficient (Wildman–Crippen LogP) is 3.70. The lowest BCUT2D eigenvalue weighted by Gasteiger charge is -2.13. The van der Waals surface area contributed by atoms with E-state index in [4.69, 9.17) is 23.7 Å². The number of rotatable bonds is 10. The standard InChI is InChI=1S/C27H25NO8/c1-32-23-6-4-3-5-20(23)28-26(30)16-35-24-10-8-19(14-25(24)33-2)27(31)36-15-21(29)17-7-9-22-18(13-17)11-12-34-22/h3-10,13-14H,11-12,15-16H2,1-2H3,(H,28,30). The van der Waals surface area contributed by atoms with Crippen LogP contribution in [0.4, 0.5) is 5.69 Å². The van der Waals surface area contributed by atoms with Gasteiger partial charge in [0.1, 0.15) is 11.5 Å². The summed E-state index contributed by atoms with van der Waals surface area (Å²) in [6.07, 6.45) is 0.743. The Hall–Kier alpha value is -4.53. The van der Waals surface area contributed by atoms with Crippen LogP contribution in [0.5, 0.6) is 23.0 Å². The molecule has 3 aromatic rings. The topological polar surface area (TPSA) is 109 Å². The summed E-state index contributed by atoms with van der Waals surface area (Å²) in [5, 5.41) is 2.71. The first-order valence-electron chi connectivity index (χ1n) is 11.2. The number of benzene rings is 3. The van der Waals surface area contributed by atoms with E-state index in [9.17, 15) is 14.4 Å². The van der Waals surface area contributed by atoms with Gasteiger partial charge >= 0.3 is 5.97 Å². The third-order valence-corrected chi connectivity index (χ3v) is 5.48. The number of anilines is 1. The van der Waals surface area contributed by atoms with Gasteiger partial charge < -0.3 is 29.0 Å². The fraction of sp³-hybridized carbons (Fsp3) is 0.222. The fourth-order valence-corrected chi connectivity index (χ4v) is 3.65. The number of hydrogen-bond donors (Lipinski definition) is 1. The Balaban J connectivity index is 1.33. The number of fused-ring (bicyclic) bond motifs is 1. The largest absolute Gasteiger partial charge is 0.495 e. The molecule has 0 aliphatic carbocycles. The summed E-state index contributed by atoms with van der Waals surface area (Å²) in [4.78, 5) is 37.3. The third kappa shape index (κ3) is 5.75. The van der Waals surface area contributed by atoms with E-state index >= 15 is 0 Å². The van der Waals surface area contributed by atoms with Gasteiger partial charge in [0.25, 0.3) is 5.91 Å². The highest BCUT2D eigenvalue weighted by molar-refractivity contribution is 5.99. The number of nitrogens with one attached hydrogen (secondary N) is 1. The Bertz CT molecular complexity index is 1290. The van der Waals surface area contributed by atoms with E-state index in [0.717, 1.165) is 17.7 Å². The molecule has 1 heterocycles. The summed E-state index contributed by atoms with van der Waals surface area (Å²) >= 11 is 0. The van der Waals surface area contributed by atoms with Crippen molar-refractivity contribution in [2.45, 2.75) is 6.42 Å². The Labute approximate surface area is 207 Å². The molecule has 4 rings (SSSR count). The Kier molecular flexibility index (Phi) is 7.69. The molecule has 1 aliphatic heterocycles. The minimum Gasteiger partial charge on any atom is -0.495 e. The first-order chi connectivity index (χ1) is 17.5. The average Bonchev–Trinajstić information content (AvgIpc) is 3.38. The van der Waals surface area contributed by atoms with E-state index in [1.807, 2.05) is 0 Å². The van der Waals surface area contributed by atoms with Crippen LogP contribution in [0.25, 0.3) is 0 Å². The van der Waals surface area contributed by atoms with Gasteiger partial charge in [-0.1, -0.05) is 12.1 Å². The van der Waals surface area contributed by atoms with E-state index in [0.29, 0.717) is 23.6 Å². The van der Waals surface area contributed by atoms with Gasteiger partial charge in [0, 0.05) is 12.0 Å². The first kappa shape index (κ1) is 24.6. The maximum atomic E-state index is 12.5. The second-order valence-corrected chi connectivity index (χ2v) is 7.82. The highest BCUT2D eigenvalue weighted by Gasteiger charge is 2.18. The smallest absolute Gasteiger partial charge is 0.338 e. The van der Waals surface area contributed by atoms with Crippen molar-refractivity contribution in [3.8, 4) is 23.0 Å². The van der Waals surface area contributed by atoms with E-state index in [-0.39, 0.29) is 29.5 Å². The van der Waals surface area contributed by atoms with E-state index < -0.39 is 18.5 Å². The number of ketones is 1. The van der Waals surface area contributed by atoms with Gasteiger partial charge in [0.15, 0.2) is 30.5 Å². The molecule has 1 aliphatic rings. The highest BCUT2D eigenvalue weighted by Crippen LogP contribution is 2.29. The van der Waals surface area contributed by atoms with Gasteiger partial charge in [-0.3, -0.25) is 9.59 Å². The van der Waals surface area contributed by atoms with Crippen LogP contribution in [0.3, 0.4) is 0 Å². The number of esters is 1. The van der Waals surface area contributed by atoms with Crippen LogP contribution in [0.2, 0.25) is 0 Å². The van der Waals surface area contributed by atoms with Gasteiger partial charge in [0.2, 0.25) is 0 Å². The van der Waals surface area contributed by atoms with Crippen LogP contribution < -0.4 is 24.3 Å². The quantitative estimate of drug-likeness (QED) is 0.338. The lowest BCUT2D eigenvalue weighted by Crippen LogP contribution is -2.20. The summed E-state index contributed by atoms with van der Waals surface area (Å²) in [7, 11) is 2.92. The molecule has 36 heavy (non-hydrogen) atoms. The monoisotopic (exact) mass is 491 g/mol. The molecule has 1 N–H and O–H groups in total. The van der Waals surface area contributed by atoms with Gasteiger partial charge in [-0.15, -0.1) is 0 Å². The van der Waals surface area contributed by atoms with E-state index in [2.05, 4.69) is 5.32 Å². The normalized spacial score (nSPS) is 11.6. The van der Waals surface area contributed by atoms with Gasteiger partial charge in [-0.25, -0.2) is 4.79 Å². The van der Waals surface area contributed by atoms with Crippen molar-refractivity contribution in [1.29, 1.82) is 0 Å².